The van der Waals surface area contributed by atoms with E-state index in [2.05, 4.69) is 40.5 Å². The molecule has 1 saturated carbocycles. The maximum Gasteiger partial charge on any atom is 0.254 e. The van der Waals surface area contributed by atoms with E-state index in [9.17, 15) is 9.59 Å². The Morgan fingerprint density at radius 2 is 1.69 bits per heavy atom. The van der Waals surface area contributed by atoms with Crippen LogP contribution in [0.25, 0.3) is 0 Å². The van der Waals surface area contributed by atoms with Crippen LogP contribution in [0.5, 0.6) is 0 Å². The molecule has 0 radical (unpaired) electrons. The fraction of sp³-hybridized carbons (Fsp3) is 0.576. The van der Waals surface area contributed by atoms with Gasteiger partial charge in [-0.15, -0.1) is 0 Å². The minimum absolute atomic E-state index is 0.00975. The number of nitrogens with one attached hydrogen (secondary N) is 1. The van der Waals surface area contributed by atoms with Gasteiger partial charge in [0.2, 0.25) is 5.91 Å². The molecule has 2 saturated heterocycles. The van der Waals surface area contributed by atoms with Gasteiger partial charge in [0.1, 0.15) is 6.04 Å². The van der Waals surface area contributed by atoms with E-state index < -0.39 is 6.04 Å². The average molecular weight is 531 g/mol. The number of rotatable bonds is 8. The van der Waals surface area contributed by atoms with Crippen LogP contribution in [0, 0.1) is 12.8 Å². The number of amides is 2. The first-order valence-corrected chi connectivity index (χ1v) is 15.2. The minimum atomic E-state index is -0.396. The average Bonchev–Trinajstić information content (AvgIpc) is 3.23. The molecule has 1 aliphatic carbocycles. The molecule has 2 atom stereocenters. The van der Waals surface area contributed by atoms with Gasteiger partial charge in [-0.2, -0.15) is 0 Å². The van der Waals surface area contributed by atoms with Crippen LogP contribution in [0.4, 0.5) is 0 Å². The Hall–Kier alpha value is -2.70. The van der Waals surface area contributed by atoms with Crippen molar-refractivity contribution in [1.82, 2.24) is 20.0 Å². The van der Waals surface area contributed by atoms with E-state index in [1.54, 1.807) is 0 Å². The van der Waals surface area contributed by atoms with E-state index in [-0.39, 0.29) is 17.9 Å². The van der Waals surface area contributed by atoms with Crippen LogP contribution >= 0.6 is 0 Å². The van der Waals surface area contributed by atoms with Gasteiger partial charge >= 0.3 is 0 Å². The van der Waals surface area contributed by atoms with Crippen LogP contribution in [-0.2, 0) is 11.2 Å². The van der Waals surface area contributed by atoms with Crippen LogP contribution in [0.3, 0.4) is 0 Å². The fourth-order valence-corrected chi connectivity index (χ4v) is 6.72. The molecule has 3 aliphatic rings. The zero-order valence-corrected chi connectivity index (χ0v) is 23.7. The molecule has 0 bridgehead atoms. The Kier molecular flexibility index (Phi) is 9.70. The van der Waals surface area contributed by atoms with E-state index in [1.165, 1.54) is 37.7 Å². The zero-order chi connectivity index (χ0) is 27.0. The fourth-order valence-electron chi connectivity index (χ4n) is 6.72. The van der Waals surface area contributed by atoms with Crippen molar-refractivity contribution in [2.45, 2.75) is 70.4 Å². The Morgan fingerprint density at radius 3 is 2.46 bits per heavy atom. The largest absolute Gasteiger partial charge is 0.340 e. The lowest BCUT2D eigenvalue weighted by atomic mass is 9.88. The molecule has 2 amide bonds. The number of hydrogen-bond acceptors (Lipinski definition) is 4. The molecule has 1 N–H and O–H groups in total. The molecule has 3 fully saturated rings. The molecule has 2 aromatic carbocycles. The van der Waals surface area contributed by atoms with Gasteiger partial charge in [0.15, 0.2) is 0 Å². The molecule has 0 aromatic heterocycles. The van der Waals surface area contributed by atoms with Crippen LogP contribution < -0.4 is 5.32 Å². The number of benzene rings is 2. The second-order valence-corrected chi connectivity index (χ2v) is 11.9. The molecule has 2 aromatic rings. The van der Waals surface area contributed by atoms with Crippen LogP contribution in [0.15, 0.2) is 54.6 Å². The van der Waals surface area contributed by atoms with E-state index in [0.717, 1.165) is 57.5 Å². The van der Waals surface area contributed by atoms with Crippen molar-refractivity contribution in [2.24, 2.45) is 5.92 Å². The van der Waals surface area contributed by atoms with E-state index >= 15 is 0 Å². The third-order valence-corrected chi connectivity index (χ3v) is 9.04. The molecule has 2 unspecified atom stereocenters. The third kappa shape index (κ3) is 7.29. The highest BCUT2D eigenvalue weighted by Gasteiger charge is 2.43. The van der Waals surface area contributed by atoms with Crippen molar-refractivity contribution in [3.8, 4) is 0 Å². The summed E-state index contributed by atoms with van der Waals surface area (Å²) in [6, 6.07) is 18.3. The van der Waals surface area contributed by atoms with Crippen LogP contribution in [-0.4, -0.2) is 84.4 Å². The SMILES string of the molecule is Cc1ccc(C(=O)N2CC(N(CCc3ccccc3)CC3CCCCC3)CC2C(=O)N2CCCNCC2)cc1. The van der Waals surface area contributed by atoms with Gasteiger partial charge in [0.05, 0.1) is 0 Å². The number of carbonyl (C=O) groups excluding carboxylic acids is 2. The smallest absolute Gasteiger partial charge is 0.254 e. The van der Waals surface area contributed by atoms with Gasteiger partial charge < -0.3 is 15.1 Å². The molecular formula is C33H46N4O2. The van der Waals surface area contributed by atoms with Gasteiger partial charge in [0.25, 0.3) is 5.91 Å². The molecule has 5 rings (SSSR count). The molecule has 6 heteroatoms. The standard InChI is InChI=1S/C33H46N4O2/c1-26-13-15-29(16-14-26)32(38)37-25-30(23-31(37)33(39)35-20-8-18-34-19-22-35)36(24-28-11-6-3-7-12-28)21-17-27-9-4-2-5-10-27/h2,4-5,9-10,13-16,28,30-31,34H,3,6-8,11-12,17-25H2,1H3. The monoisotopic (exact) mass is 530 g/mol. The van der Waals surface area contributed by atoms with Crippen LogP contribution in [0.1, 0.15) is 66.4 Å². The van der Waals surface area contributed by atoms with Gasteiger partial charge in [0, 0.05) is 50.9 Å². The number of carbonyl (C=O) groups is 2. The predicted molar refractivity (Wildman–Crippen MR) is 157 cm³/mol. The maximum absolute atomic E-state index is 14.0. The first-order valence-electron chi connectivity index (χ1n) is 15.2. The van der Waals surface area contributed by atoms with Crippen LogP contribution in [0.2, 0.25) is 0 Å². The summed E-state index contributed by atoms with van der Waals surface area (Å²) in [5.41, 5.74) is 3.16. The molecular weight excluding hydrogens is 484 g/mol. The lowest BCUT2D eigenvalue weighted by Crippen LogP contribution is -2.48. The van der Waals surface area contributed by atoms with Crippen molar-refractivity contribution in [3.05, 3.63) is 71.3 Å². The number of aryl methyl sites for hydroxylation is 1. The molecule has 39 heavy (non-hydrogen) atoms. The predicted octanol–water partition coefficient (Wildman–Crippen LogP) is 4.53. The lowest BCUT2D eigenvalue weighted by molar-refractivity contribution is -0.135. The van der Waals surface area contributed by atoms with Crippen molar-refractivity contribution < 1.29 is 9.59 Å². The van der Waals surface area contributed by atoms with Gasteiger partial charge in [-0.1, -0.05) is 67.3 Å². The number of nitrogens with zero attached hydrogens (tertiary/aromatic N) is 3. The second kappa shape index (κ2) is 13.6. The Bertz CT molecular complexity index is 1060. The number of likely N-dealkylation sites (tertiary alicyclic amines) is 1. The first-order chi connectivity index (χ1) is 19.1. The zero-order valence-electron chi connectivity index (χ0n) is 23.7. The molecule has 210 valence electrons. The highest BCUT2D eigenvalue weighted by Crippen LogP contribution is 2.30. The van der Waals surface area contributed by atoms with Gasteiger partial charge in [-0.05, 0) is 69.2 Å². The van der Waals surface area contributed by atoms with Gasteiger partial charge in [-0.25, -0.2) is 0 Å². The summed E-state index contributed by atoms with van der Waals surface area (Å²) in [7, 11) is 0. The Morgan fingerprint density at radius 1 is 0.923 bits per heavy atom. The minimum Gasteiger partial charge on any atom is -0.340 e. The molecule has 6 nitrogen and oxygen atoms in total. The Balaban J connectivity index is 1.38. The molecule has 2 aliphatic heterocycles. The van der Waals surface area contributed by atoms with Crippen molar-refractivity contribution in [2.75, 3.05) is 45.8 Å². The molecule has 2 heterocycles. The normalized spacial score (nSPS) is 22.7. The van der Waals surface area contributed by atoms with Crippen molar-refractivity contribution >= 4 is 11.8 Å². The second-order valence-electron chi connectivity index (χ2n) is 11.9. The Labute approximate surface area is 234 Å². The highest BCUT2D eigenvalue weighted by atomic mass is 16.2. The van der Waals surface area contributed by atoms with Crippen molar-refractivity contribution in [1.29, 1.82) is 0 Å². The lowest BCUT2D eigenvalue weighted by Gasteiger charge is -2.34. The summed E-state index contributed by atoms with van der Waals surface area (Å²) in [5, 5.41) is 3.41. The summed E-state index contributed by atoms with van der Waals surface area (Å²) in [4.78, 5) is 34.4. The first kappa shape index (κ1) is 27.9. The summed E-state index contributed by atoms with van der Waals surface area (Å²) >= 11 is 0. The van der Waals surface area contributed by atoms with E-state index in [4.69, 9.17) is 0 Å². The number of hydrogen-bond donors (Lipinski definition) is 1. The summed E-state index contributed by atoms with van der Waals surface area (Å²) in [6.07, 6.45) is 9.26. The summed E-state index contributed by atoms with van der Waals surface area (Å²) in [6.45, 7) is 7.93. The summed E-state index contributed by atoms with van der Waals surface area (Å²) < 4.78 is 0. The van der Waals surface area contributed by atoms with Gasteiger partial charge in [-0.3, -0.25) is 14.5 Å². The topological polar surface area (TPSA) is 55.9 Å². The van der Waals surface area contributed by atoms with E-state index in [1.807, 2.05) is 41.0 Å². The third-order valence-electron chi connectivity index (χ3n) is 9.04. The molecule has 0 spiro atoms. The van der Waals surface area contributed by atoms with E-state index in [0.29, 0.717) is 24.6 Å². The summed E-state index contributed by atoms with van der Waals surface area (Å²) in [5.74, 6) is 0.828. The highest BCUT2D eigenvalue weighted by molar-refractivity contribution is 5.98. The quantitative estimate of drug-likeness (QED) is 0.545. The van der Waals surface area contributed by atoms with Crippen molar-refractivity contribution in [3.63, 3.8) is 0 Å². The maximum atomic E-state index is 14.0.